The van der Waals surface area contributed by atoms with Gasteiger partial charge in [0.05, 0.1) is 0 Å². The lowest BCUT2D eigenvalue weighted by Crippen LogP contribution is -2.33. The first-order valence-electron chi connectivity index (χ1n) is 7.55. The normalized spacial score (nSPS) is 13.9. The van der Waals surface area contributed by atoms with Crippen molar-refractivity contribution in [3.63, 3.8) is 0 Å². The van der Waals surface area contributed by atoms with Crippen molar-refractivity contribution in [2.24, 2.45) is 5.92 Å². The molecule has 1 aliphatic rings. The van der Waals surface area contributed by atoms with Crippen molar-refractivity contribution in [2.45, 2.75) is 25.8 Å². The van der Waals surface area contributed by atoms with Gasteiger partial charge in [0.25, 0.3) is 0 Å². The van der Waals surface area contributed by atoms with Gasteiger partial charge >= 0.3 is 0 Å². The number of hydrogen-bond donors (Lipinski definition) is 0. The highest BCUT2D eigenvalue weighted by atomic mass is 16.2. The molecule has 1 aromatic heterocycles. The molecule has 0 aliphatic heterocycles. The molecule has 0 unspecified atom stereocenters. The van der Waals surface area contributed by atoms with Crippen molar-refractivity contribution in [3.05, 3.63) is 66.0 Å². The van der Waals surface area contributed by atoms with Gasteiger partial charge in [0, 0.05) is 37.3 Å². The van der Waals surface area contributed by atoms with E-state index in [1.165, 1.54) is 5.56 Å². The topological polar surface area (TPSA) is 33.2 Å². The van der Waals surface area contributed by atoms with Crippen LogP contribution in [0, 0.1) is 5.92 Å². The highest BCUT2D eigenvalue weighted by molar-refractivity contribution is 5.81. The summed E-state index contributed by atoms with van der Waals surface area (Å²) in [5.41, 5.74) is 2.23. The Morgan fingerprint density at radius 1 is 1.10 bits per heavy atom. The van der Waals surface area contributed by atoms with Crippen molar-refractivity contribution in [3.8, 4) is 0 Å². The second-order valence-corrected chi connectivity index (χ2v) is 5.59. The molecular weight excluding hydrogens is 260 g/mol. The van der Waals surface area contributed by atoms with Crippen LogP contribution < -0.4 is 0 Å². The zero-order valence-corrected chi connectivity index (χ0v) is 12.1. The molecule has 0 radical (unpaired) electrons. The number of rotatable bonds is 6. The average molecular weight is 280 g/mol. The van der Waals surface area contributed by atoms with Gasteiger partial charge in [0.1, 0.15) is 0 Å². The van der Waals surface area contributed by atoms with Crippen LogP contribution in [0.2, 0.25) is 0 Å². The number of amides is 1. The number of pyridine rings is 1. The fraction of sp³-hybridized carbons (Fsp3) is 0.333. The van der Waals surface area contributed by atoms with E-state index >= 15 is 0 Å². The first-order valence-corrected chi connectivity index (χ1v) is 7.55. The third kappa shape index (κ3) is 3.91. The van der Waals surface area contributed by atoms with Crippen molar-refractivity contribution in [2.75, 3.05) is 6.54 Å². The molecule has 3 rings (SSSR count). The van der Waals surface area contributed by atoms with Crippen LogP contribution in [0.25, 0.3) is 0 Å². The quantitative estimate of drug-likeness (QED) is 0.814. The van der Waals surface area contributed by atoms with Crippen LogP contribution in [0.4, 0.5) is 0 Å². The fourth-order valence-electron chi connectivity index (χ4n) is 2.45. The second-order valence-electron chi connectivity index (χ2n) is 5.59. The number of benzene rings is 1. The van der Waals surface area contributed by atoms with Crippen LogP contribution >= 0.6 is 0 Å². The SMILES string of the molecule is O=C(C1CC1)N(CCc1ccccn1)Cc1ccccc1. The summed E-state index contributed by atoms with van der Waals surface area (Å²) in [6.45, 7) is 1.43. The third-order valence-corrected chi connectivity index (χ3v) is 3.82. The number of carbonyl (C=O) groups excluding carboxylic acids is 1. The lowest BCUT2D eigenvalue weighted by atomic mass is 10.2. The Kier molecular flexibility index (Phi) is 4.29. The van der Waals surface area contributed by atoms with E-state index in [0.717, 1.165) is 31.5 Å². The van der Waals surface area contributed by atoms with Gasteiger partial charge in [-0.2, -0.15) is 0 Å². The zero-order valence-electron chi connectivity index (χ0n) is 12.1. The molecule has 1 heterocycles. The van der Waals surface area contributed by atoms with Gasteiger partial charge < -0.3 is 4.90 Å². The van der Waals surface area contributed by atoms with Crippen LogP contribution in [0.5, 0.6) is 0 Å². The Bertz CT molecular complexity index is 579. The molecule has 0 N–H and O–H groups in total. The molecule has 1 fully saturated rings. The van der Waals surface area contributed by atoms with Crippen molar-refractivity contribution in [1.82, 2.24) is 9.88 Å². The molecule has 1 saturated carbocycles. The van der Waals surface area contributed by atoms with E-state index in [4.69, 9.17) is 0 Å². The number of carbonyl (C=O) groups is 1. The smallest absolute Gasteiger partial charge is 0.225 e. The Balaban J connectivity index is 1.65. The summed E-state index contributed by atoms with van der Waals surface area (Å²) in [6, 6.07) is 16.1. The van der Waals surface area contributed by atoms with Crippen molar-refractivity contribution >= 4 is 5.91 Å². The molecule has 0 saturated heterocycles. The molecule has 2 aromatic rings. The molecule has 21 heavy (non-hydrogen) atoms. The minimum absolute atomic E-state index is 0.262. The van der Waals surface area contributed by atoms with Gasteiger partial charge in [0.2, 0.25) is 5.91 Å². The van der Waals surface area contributed by atoms with Gasteiger partial charge in [-0.15, -0.1) is 0 Å². The average Bonchev–Trinajstić information content (AvgIpc) is 3.37. The van der Waals surface area contributed by atoms with Crippen LogP contribution in [-0.2, 0) is 17.8 Å². The maximum atomic E-state index is 12.4. The molecular formula is C18H20N2O. The Morgan fingerprint density at radius 2 is 1.86 bits per heavy atom. The maximum absolute atomic E-state index is 12.4. The summed E-state index contributed by atoms with van der Waals surface area (Å²) in [4.78, 5) is 18.8. The summed E-state index contributed by atoms with van der Waals surface area (Å²) < 4.78 is 0. The summed E-state index contributed by atoms with van der Waals surface area (Å²) in [6.07, 6.45) is 4.72. The van der Waals surface area contributed by atoms with Crippen molar-refractivity contribution in [1.29, 1.82) is 0 Å². The van der Waals surface area contributed by atoms with E-state index in [9.17, 15) is 4.79 Å². The molecule has 0 bridgehead atoms. The monoisotopic (exact) mass is 280 g/mol. The van der Waals surface area contributed by atoms with Gasteiger partial charge in [-0.05, 0) is 30.5 Å². The van der Waals surface area contributed by atoms with Gasteiger partial charge in [0.15, 0.2) is 0 Å². The van der Waals surface area contributed by atoms with E-state index in [0.29, 0.717) is 12.5 Å². The number of aromatic nitrogens is 1. The molecule has 1 aromatic carbocycles. The van der Waals surface area contributed by atoms with Crippen LogP contribution in [0.3, 0.4) is 0 Å². The highest BCUT2D eigenvalue weighted by Gasteiger charge is 2.33. The highest BCUT2D eigenvalue weighted by Crippen LogP contribution is 2.31. The standard InChI is InChI=1S/C18H20N2O/c21-18(16-9-10-16)20(14-15-6-2-1-3-7-15)13-11-17-8-4-5-12-19-17/h1-8,12,16H,9-11,13-14H2. The van der Waals surface area contributed by atoms with E-state index in [1.807, 2.05) is 41.3 Å². The Hall–Kier alpha value is -2.16. The second kappa shape index (κ2) is 6.53. The minimum Gasteiger partial charge on any atom is -0.338 e. The summed E-state index contributed by atoms with van der Waals surface area (Å²) in [5.74, 6) is 0.562. The van der Waals surface area contributed by atoms with Crippen LogP contribution in [0.1, 0.15) is 24.1 Å². The van der Waals surface area contributed by atoms with Gasteiger partial charge in [-0.1, -0.05) is 36.4 Å². The summed E-state index contributed by atoms with van der Waals surface area (Å²) >= 11 is 0. The number of hydrogen-bond acceptors (Lipinski definition) is 2. The van der Waals surface area contributed by atoms with Gasteiger partial charge in [-0.3, -0.25) is 9.78 Å². The maximum Gasteiger partial charge on any atom is 0.225 e. The van der Waals surface area contributed by atoms with Crippen LogP contribution in [0.15, 0.2) is 54.7 Å². The first kappa shape index (κ1) is 13.8. The zero-order chi connectivity index (χ0) is 14.5. The Morgan fingerprint density at radius 3 is 2.52 bits per heavy atom. The fourth-order valence-corrected chi connectivity index (χ4v) is 2.45. The first-order chi connectivity index (χ1) is 10.3. The minimum atomic E-state index is 0.262. The number of nitrogens with zero attached hydrogens (tertiary/aromatic N) is 2. The van der Waals surface area contributed by atoms with Gasteiger partial charge in [-0.25, -0.2) is 0 Å². The lowest BCUT2D eigenvalue weighted by Gasteiger charge is -2.23. The molecule has 108 valence electrons. The predicted molar refractivity (Wildman–Crippen MR) is 82.5 cm³/mol. The molecule has 0 spiro atoms. The molecule has 0 atom stereocenters. The van der Waals surface area contributed by atoms with Crippen molar-refractivity contribution < 1.29 is 4.79 Å². The largest absolute Gasteiger partial charge is 0.338 e. The molecule has 3 nitrogen and oxygen atoms in total. The van der Waals surface area contributed by atoms with E-state index in [2.05, 4.69) is 17.1 Å². The lowest BCUT2D eigenvalue weighted by molar-refractivity contribution is -0.133. The van der Waals surface area contributed by atoms with E-state index in [-0.39, 0.29) is 5.92 Å². The summed E-state index contributed by atoms with van der Waals surface area (Å²) in [5, 5.41) is 0. The Labute approximate surface area is 125 Å². The molecule has 1 aliphatic carbocycles. The van der Waals surface area contributed by atoms with E-state index < -0.39 is 0 Å². The van der Waals surface area contributed by atoms with Crippen LogP contribution in [-0.4, -0.2) is 22.3 Å². The molecule has 1 amide bonds. The predicted octanol–water partition coefficient (Wildman–Crippen LogP) is 3.06. The summed E-state index contributed by atoms with van der Waals surface area (Å²) in [7, 11) is 0. The molecule has 3 heteroatoms. The van der Waals surface area contributed by atoms with E-state index in [1.54, 1.807) is 6.20 Å². The third-order valence-electron chi connectivity index (χ3n) is 3.82.